The molecule has 0 fully saturated rings. The van der Waals surface area contributed by atoms with Crippen molar-refractivity contribution in [1.29, 1.82) is 0 Å². The Labute approximate surface area is 176 Å². The van der Waals surface area contributed by atoms with Gasteiger partial charge >= 0.3 is 0 Å². The van der Waals surface area contributed by atoms with Crippen LogP contribution in [-0.4, -0.2) is 53.1 Å². The van der Waals surface area contributed by atoms with E-state index in [0.717, 1.165) is 10.0 Å². The molecule has 0 aliphatic heterocycles. The Balaban J connectivity index is 0.000000537. The average molecular weight is 384 g/mol. The van der Waals surface area contributed by atoms with Gasteiger partial charge in [0, 0.05) is 12.7 Å². The smallest absolute Gasteiger partial charge is 0.107 e. The van der Waals surface area contributed by atoms with E-state index in [0.29, 0.717) is 6.61 Å². The summed E-state index contributed by atoms with van der Waals surface area (Å²) < 4.78 is 6.01. The van der Waals surface area contributed by atoms with Crippen molar-refractivity contribution in [3.63, 3.8) is 0 Å². The second kappa shape index (κ2) is 11.3. The summed E-state index contributed by atoms with van der Waals surface area (Å²) in [5.74, 6) is 6.19. The minimum absolute atomic E-state index is 0.205. The molecule has 0 unspecified atom stereocenters. The molecule has 29 heavy (non-hydrogen) atoms. The maximum absolute atomic E-state index is 5.01. The standard InChI is InChI=1S/C22H19BO.C4H12N/c1-24-17-9-11-19-10-8-16-22(18-19)23(20-12-4-2-5-13-20)21-14-6-3-7-15-21;1-5(2,3)4/h2-8,10,12-16,18H,17H2,1H3;1-4H3/q-1;+1. The quantitative estimate of drug-likeness (QED) is 0.382. The molecule has 0 aliphatic rings. The fourth-order valence-electron chi connectivity index (χ4n) is 2.87. The van der Waals surface area contributed by atoms with E-state index in [2.05, 4.69) is 119 Å². The first kappa shape index (κ1) is 22.5. The summed E-state index contributed by atoms with van der Waals surface area (Å²) >= 11 is 0. The van der Waals surface area contributed by atoms with Crippen molar-refractivity contribution in [1.82, 2.24) is 0 Å². The van der Waals surface area contributed by atoms with Crippen LogP contribution < -0.4 is 16.4 Å². The topological polar surface area (TPSA) is 9.23 Å². The van der Waals surface area contributed by atoms with E-state index in [1.165, 1.54) is 16.4 Å². The van der Waals surface area contributed by atoms with Crippen molar-refractivity contribution < 1.29 is 9.22 Å². The monoisotopic (exact) mass is 384 g/mol. The van der Waals surface area contributed by atoms with Crippen molar-refractivity contribution >= 4 is 23.1 Å². The summed E-state index contributed by atoms with van der Waals surface area (Å²) in [6, 6.07) is 29.7. The molecule has 3 rings (SSSR count). The summed E-state index contributed by atoms with van der Waals surface area (Å²) in [5, 5.41) is 0. The number of hydrogen-bond donors (Lipinski definition) is 0. The summed E-state index contributed by atoms with van der Waals surface area (Å²) in [6.07, 6.45) is 0. The molecule has 2 nitrogen and oxygen atoms in total. The van der Waals surface area contributed by atoms with E-state index in [-0.39, 0.29) is 6.71 Å². The third kappa shape index (κ3) is 8.40. The Bertz CT molecular complexity index is 876. The first-order chi connectivity index (χ1) is 13.9. The van der Waals surface area contributed by atoms with Crippen LogP contribution in [0.1, 0.15) is 5.56 Å². The van der Waals surface area contributed by atoms with Gasteiger partial charge in [-0.15, -0.1) is 0 Å². The van der Waals surface area contributed by atoms with Gasteiger partial charge in [0.05, 0.1) is 28.2 Å². The summed E-state index contributed by atoms with van der Waals surface area (Å²) in [5.41, 5.74) is 4.83. The first-order valence-corrected chi connectivity index (χ1v) is 9.85. The molecular formula is C26H31BNO. The molecule has 0 aromatic heterocycles. The molecule has 0 bridgehead atoms. The van der Waals surface area contributed by atoms with Crippen LogP contribution in [-0.2, 0) is 4.74 Å². The van der Waals surface area contributed by atoms with Gasteiger partial charge in [0.15, 0.2) is 0 Å². The molecule has 0 spiro atoms. The van der Waals surface area contributed by atoms with Gasteiger partial charge in [-0.05, 0) is 12.8 Å². The predicted molar refractivity (Wildman–Crippen MR) is 127 cm³/mol. The zero-order valence-corrected chi connectivity index (χ0v) is 18.2. The number of rotatable bonds is 4. The van der Waals surface area contributed by atoms with Crippen LogP contribution in [0, 0.1) is 11.8 Å². The first-order valence-electron chi connectivity index (χ1n) is 9.85. The third-order valence-electron chi connectivity index (χ3n) is 3.94. The lowest BCUT2D eigenvalue weighted by molar-refractivity contribution is -0.849. The van der Waals surface area contributed by atoms with E-state index in [1.807, 2.05) is 6.07 Å². The SMILES string of the molecule is COCC#Cc1cccc([B-](c2ccccc2)c2ccccc2)c1.C[N+](C)(C)C. The van der Waals surface area contributed by atoms with Gasteiger partial charge in [-0.25, -0.2) is 16.4 Å². The number of quaternary nitrogens is 1. The van der Waals surface area contributed by atoms with Crippen LogP contribution in [0.3, 0.4) is 0 Å². The van der Waals surface area contributed by atoms with Crippen molar-refractivity contribution in [2.75, 3.05) is 41.9 Å². The van der Waals surface area contributed by atoms with Gasteiger partial charge < -0.3 is 9.22 Å². The Morgan fingerprint density at radius 1 is 0.724 bits per heavy atom. The molecule has 0 saturated carbocycles. The van der Waals surface area contributed by atoms with Gasteiger partial charge in [-0.2, -0.15) is 0 Å². The molecule has 0 aliphatic carbocycles. The second-order valence-corrected chi connectivity index (χ2v) is 8.30. The Morgan fingerprint density at radius 2 is 1.21 bits per heavy atom. The van der Waals surface area contributed by atoms with Crippen LogP contribution in [0.25, 0.3) is 0 Å². The van der Waals surface area contributed by atoms with Crippen molar-refractivity contribution in [3.05, 3.63) is 90.5 Å². The molecule has 149 valence electrons. The van der Waals surface area contributed by atoms with Crippen molar-refractivity contribution in [3.8, 4) is 11.8 Å². The predicted octanol–water partition coefficient (Wildman–Crippen LogP) is 2.52. The highest BCUT2D eigenvalue weighted by Gasteiger charge is 2.05. The molecule has 3 heteroatoms. The number of methoxy groups -OCH3 is 1. The molecule has 0 saturated heterocycles. The molecule has 0 heterocycles. The highest BCUT2D eigenvalue weighted by Crippen LogP contribution is 1.99. The van der Waals surface area contributed by atoms with E-state index in [4.69, 9.17) is 4.74 Å². The Morgan fingerprint density at radius 3 is 1.69 bits per heavy atom. The Kier molecular flexibility index (Phi) is 8.74. The van der Waals surface area contributed by atoms with Crippen LogP contribution >= 0.6 is 0 Å². The van der Waals surface area contributed by atoms with Crippen LogP contribution in [0.5, 0.6) is 0 Å². The molecule has 1 radical (unpaired) electrons. The van der Waals surface area contributed by atoms with Gasteiger partial charge in [-0.3, -0.25) is 0 Å². The van der Waals surface area contributed by atoms with Crippen LogP contribution in [0.15, 0.2) is 84.9 Å². The zero-order chi connectivity index (χ0) is 21.1. The van der Waals surface area contributed by atoms with Gasteiger partial charge in [0.2, 0.25) is 0 Å². The van der Waals surface area contributed by atoms with Gasteiger partial charge in [-0.1, -0.05) is 90.7 Å². The molecule has 0 atom stereocenters. The highest BCUT2D eigenvalue weighted by molar-refractivity contribution is 6.95. The molecule has 0 N–H and O–H groups in total. The largest absolute Gasteiger partial charge is 0.372 e. The normalized spacial score (nSPS) is 10.6. The third-order valence-corrected chi connectivity index (χ3v) is 3.94. The number of ether oxygens (including phenoxy) is 1. The number of nitrogens with zero attached hydrogens (tertiary/aromatic N) is 1. The number of hydrogen-bond acceptors (Lipinski definition) is 1. The van der Waals surface area contributed by atoms with E-state index in [1.54, 1.807) is 7.11 Å². The fourth-order valence-corrected chi connectivity index (χ4v) is 2.87. The molecule has 3 aromatic rings. The van der Waals surface area contributed by atoms with E-state index < -0.39 is 0 Å². The molecular weight excluding hydrogens is 353 g/mol. The van der Waals surface area contributed by atoms with Crippen LogP contribution in [0.2, 0.25) is 0 Å². The lowest BCUT2D eigenvalue weighted by atomic mass is 9.37. The van der Waals surface area contributed by atoms with Crippen molar-refractivity contribution in [2.45, 2.75) is 0 Å². The molecule has 0 amide bonds. The minimum atomic E-state index is 0.205. The lowest BCUT2D eigenvalue weighted by Gasteiger charge is -2.30. The summed E-state index contributed by atoms with van der Waals surface area (Å²) in [7, 11) is 10.2. The van der Waals surface area contributed by atoms with Crippen LogP contribution in [0.4, 0.5) is 0 Å². The van der Waals surface area contributed by atoms with Gasteiger partial charge in [0.1, 0.15) is 6.61 Å². The summed E-state index contributed by atoms with van der Waals surface area (Å²) in [6.45, 7) is 0.655. The maximum atomic E-state index is 5.01. The zero-order valence-electron chi connectivity index (χ0n) is 18.2. The minimum Gasteiger partial charge on any atom is -0.372 e. The lowest BCUT2D eigenvalue weighted by Crippen LogP contribution is -2.51. The number of benzene rings is 3. The van der Waals surface area contributed by atoms with E-state index in [9.17, 15) is 0 Å². The second-order valence-electron chi connectivity index (χ2n) is 8.30. The average Bonchev–Trinajstić information content (AvgIpc) is 2.69. The molecule has 3 aromatic carbocycles. The highest BCUT2D eigenvalue weighted by atomic mass is 16.5. The maximum Gasteiger partial charge on any atom is 0.107 e. The summed E-state index contributed by atoms with van der Waals surface area (Å²) in [4.78, 5) is 0. The van der Waals surface area contributed by atoms with Crippen molar-refractivity contribution in [2.24, 2.45) is 0 Å². The Hall–Kier alpha value is -2.80. The van der Waals surface area contributed by atoms with E-state index >= 15 is 0 Å². The van der Waals surface area contributed by atoms with Gasteiger partial charge in [0.25, 0.3) is 0 Å². The fraction of sp³-hybridized carbons (Fsp3) is 0.231.